The first kappa shape index (κ1) is 24.7. The van der Waals surface area contributed by atoms with E-state index in [2.05, 4.69) is 16.5 Å². The zero-order valence-corrected chi connectivity index (χ0v) is 18.6. The van der Waals surface area contributed by atoms with E-state index in [-0.39, 0.29) is 5.56 Å². The second-order valence-corrected chi connectivity index (χ2v) is 11.1. The smallest absolute Gasteiger partial charge is 0.336 e. The van der Waals surface area contributed by atoms with Gasteiger partial charge in [0.25, 0.3) is 0 Å². The van der Waals surface area contributed by atoms with E-state index in [1.807, 2.05) is 6.07 Å². The highest BCUT2D eigenvalue weighted by molar-refractivity contribution is 7.99. The van der Waals surface area contributed by atoms with Crippen LogP contribution >= 0.6 is 0 Å². The molecule has 5 nitrogen and oxygen atoms in total. The Morgan fingerprint density at radius 1 is 1.15 bits per heavy atom. The lowest BCUT2D eigenvalue weighted by molar-refractivity contribution is -0.160. The number of carbonyl (C=O) groups excluding carboxylic acids is 1. The number of halogens is 4. The van der Waals surface area contributed by atoms with Crippen molar-refractivity contribution in [3.8, 4) is 17.2 Å². The predicted octanol–water partition coefficient (Wildman–Crippen LogP) is 3.57. The van der Waals surface area contributed by atoms with Gasteiger partial charge in [0.2, 0.25) is 5.91 Å². The van der Waals surface area contributed by atoms with Gasteiger partial charge in [0.15, 0.2) is 0 Å². The minimum Gasteiger partial charge on any atom is -0.336 e. The van der Waals surface area contributed by atoms with Crippen molar-refractivity contribution in [2.45, 2.75) is 36.6 Å². The molecule has 0 radical (unpaired) electrons. The third kappa shape index (κ3) is 6.55. The fourth-order valence-electron chi connectivity index (χ4n) is 3.36. The van der Waals surface area contributed by atoms with Crippen molar-refractivity contribution in [2.24, 2.45) is 0 Å². The molecule has 2 aromatic carbocycles. The summed E-state index contributed by atoms with van der Waals surface area (Å²) in [7, 11) is -2.83. The molecule has 0 aliphatic heterocycles. The molecule has 2 N–H and O–H groups in total. The van der Waals surface area contributed by atoms with Crippen LogP contribution in [0.5, 0.6) is 0 Å². The van der Waals surface area contributed by atoms with E-state index in [1.54, 1.807) is 0 Å². The molecule has 0 spiro atoms. The normalized spacial score (nSPS) is 18.4. The molecule has 1 amide bonds. The quantitative estimate of drug-likeness (QED) is 0.446. The van der Waals surface area contributed by atoms with Gasteiger partial charge in [-0.2, -0.15) is 18.4 Å². The molecule has 0 aromatic heterocycles. The van der Waals surface area contributed by atoms with Crippen molar-refractivity contribution < 1.29 is 26.6 Å². The largest absolute Gasteiger partial charge is 0.407 e. The lowest BCUT2D eigenvalue weighted by Gasteiger charge is -2.28. The first-order chi connectivity index (χ1) is 15.3. The van der Waals surface area contributed by atoms with Gasteiger partial charge in [0.05, 0.1) is 12.1 Å². The van der Waals surface area contributed by atoms with Crippen LogP contribution in [0.4, 0.5) is 17.6 Å². The molecule has 0 heterocycles. The maximum Gasteiger partial charge on any atom is 0.407 e. The Kier molecular flexibility index (Phi) is 6.86. The molecule has 1 unspecified atom stereocenters. The molecule has 1 fully saturated rings. The van der Waals surface area contributed by atoms with E-state index in [0.29, 0.717) is 24.0 Å². The van der Waals surface area contributed by atoms with Crippen molar-refractivity contribution >= 4 is 21.3 Å². The average molecular weight is 482 g/mol. The van der Waals surface area contributed by atoms with Crippen molar-refractivity contribution in [3.05, 3.63) is 59.9 Å². The number of amides is 1. The zero-order valence-electron chi connectivity index (χ0n) is 17.8. The number of carbonyl (C=O) groups is 1. The van der Waals surface area contributed by atoms with Crippen LogP contribution in [0.25, 0.3) is 11.1 Å². The lowest BCUT2D eigenvalue weighted by atomic mass is 10.00. The third-order valence-electron chi connectivity index (χ3n) is 5.28. The summed E-state index contributed by atoms with van der Waals surface area (Å²) in [6, 6.07) is 9.25. The van der Waals surface area contributed by atoms with Gasteiger partial charge in [0.1, 0.15) is 17.4 Å². The van der Waals surface area contributed by atoms with E-state index in [9.17, 15) is 31.8 Å². The van der Waals surface area contributed by atoms with Crippen molar-refractivity contribution in [1.29, 1.82) is 5.26 Å². The molecule has 1 saturated carbocycles. The van der Waals surface area contributed by atoms with Crippen LogP contribution in [-0.2, 0) is 14.3 Å². The third-order valence-corrected chi connectivity index (χ3v) is 6.32. The Bertz CT molecular complexity index is 1150. The maximum atomic E-state index is 14.0. The molecule has 2 aromatic rings. The van der Waals surface area contributed by atoms with Gasteiger partial charge in [-0.15, -0.1) is 0 Å². The standard InChI is InChI=1S/C23H23F4N3O2S/c1-33(2,32)13-19(21(31)30-22(14-28)11-12-22)29-20(23(25,26)27)17-5-3-15(4-6-17)16-7-9-18(24)10-8-16/h3-10,19-20,29H,1,11-13H2,2H3,(H,30,31)/t19-,20-,33?/m0/s1. The van der Waals surface area contributed by atoms with Crippen molar-refractivity contribution in [3.63, 3.8) is 0 Å². The molecule has 1 aliphatic rings. The Hall–Kier alpha value is -2.90. The summed E-state index contributed by atoms with van der Waals surface area (Å²) in [4.78, 5) is 12.7. The first-order valence-corrected chi connectivity index (χ1v) is 12.3. The minimum atomic E-state index is -4.77. The molecular formula is C23H23F4N3O2S. The summed E-state index contributed by atoms with van der Waals surface area (Å²) in [6.45, 7) is 0. The lowest BCUT2D eigenvalue weighted by Crippen LogP contribution is -2.54. The molecule has 0 bridgehead atoms. The second kappa shape index (κ2) is 9.15. The van der Waals surface area contributed by atoms with Gasteiger partial charge in [-0.1, -0.05) is 36.4 Å². The molecule has 0 saturated heterocycles. The van der Waals surface area contributed by atoms with Gasteiger partial charge < -0.3 is 5.32 Å². The highest BCUT2D eigenvalue weighted by atomic mass is 32.2. The van der Waals surface area contributed by atoms with Gasteiger partial charge in [-0.25, -0.2) is 4.39 Å². The van der Waals surface area contributed by atoms with Gasteiger partial charge in [0, 0.05) is 12.0 Å². The number of hydrogen-bond donors (Lipinski definition) is 2. The van der Waals surface area contributed by atoms with Crippen LogP contribution in [0.3, 0.4) is 0 Å². The minimum absolute atomic E-state index is 0.153. The van der Waals surface area contributed by atoms with E-state index in [0.717, 1.165) is 0 Å². The SMILES string of the molecule is C=S(C)(=O)C[C@H](N[C@@H](c1ccc(-c2ccc(F)cc2)cc1)C(F)(F)F)C(=O)NC1(C#N)CC1. The topological polar surface area (TPSA) is 82.0 Å². The second-order valence-electron chi connectivity index (χ2n) is 8.36. The van der Waals surface area contributed by atoms with Crippen LogP contribution in [0.2, 0.25) is 0 Å². The van der Waals surface area contributed by atoms with Crippen LogP contribution in [-0.4, -0.2) is 45.8 Å². The Morgan fingerprint density at radius 3 is 2.09 bits per heavy atom. The van der Waals surface area contributed by atoms with Crippen LogP contribution < -0.4 is 10.6 Å². The van der Waals surface area contributed by atoms with Crippen LogP contribution in [0.1, 0.15) is 24.4 Å². The van der Waals surface area contributed by atoms with Crippen molar-refractivity contribution in [1.82, 2.24) is 10.6 Å². The summed E-state index contributed by atoms with van der Waals surface area (Å²) < 4.78 is 67.3. The Labute approximate surface area is 189 Å². The Balaban J connectivity index is 1.87. The van der Waals surface area contributed by atoms with E-state index >= 15 is 0 Å². The van der Waals surface area contributed by atoms with Gasteiger partial charge in [-0.05, 0) is 57.1 Å². The molecular weight excluding hydrogens is 458 g/mol. The number of benzene rings is 2. The number of hydrogen-bond acceptors (Lipinski definition) is 4. The fraction of sp³-hybridized carbons (Fsp3) is 0.348. The molecule has 1 aliphatic carbocycles. The zero-order chi connectivity index (χ0) is 24.4. The van der Waals surface area contributed by atoms with E-state index in [4.69, 9.17) is 0 Å². The number of nitriles is 1. The predicted molar refractivity (Wildman–Crippen MR) is 119 cm³/mol. The highest BCUT2D eigenvalue weighted by Crippen LogP contribution is 2.36. The molecule has 10 heteroatoms. The maximum absolute atomic E-state index is 14.0. The highest BCUT2D eigenvalue weighted by Gasteiger charge is 2.47. The molecule has 176 valence electrons. The number of alkyl halides is 3. The van der Waals surface area contributed by atoms with Gasteiger partial charge in [-0.3, -0.25) is 14.3 Å². The van der Waals surface area contributed by atoms with Crippen LogP contribution in [0, 0.1) is 17.1 Å². The van der Waals surface area contributed by atoms with E-state index < -0.39 is 50.8 Å². The molecule has 3 atom stereocenters. The summed E-state index contributed by atoms with van der Waals surface area (Å²) in [5, 5.41) is 14.0. The first-order valence-electron chi connectivity index (χ1n) is 10.0. The van der Waals surface area contributed by atoms with Crippen molar-refractivity contribution in [2.75, 3.05) is 12.0 Å². The van der Waals surface area contributed by atoms with Crippen LogP contribution in [0.15, 0.2) is 48.5 Å². The number of rotatable bonds is 8. The van der Waals surface area contributed by atoms with Gasteiger partial charge >= 0.3 is 6.18 Å². The van der Waals surface area contributed by atoms with E-state index in [1.165, 1.54) is 54.8 Å². The average Bonchev–Trinajstić information content (AvgIpc) is 3.50. The monoisotopic (exact) mass is 481 g/mol. The molecule has 33 heavy (non-hydrogen) atoms. The molecule has 3 rings (SSSR count). The summed E-state index contributed by atoms with van der Waals surface area (Å²) in [6.07, 6.45) is -2.70. The fourth-order valence-corrected chi connectivity index (χ4v) is 4.31. The number of nitrogens with zero attached hydrogens (tertiary/aromatic N) is 1. The summed E-state index contributed by atoms with van der Waals surface area (Å²) >= 11 is 0. The Morgan fingerprint density at radius 2 is 1.67 bits per heavy atom. The summed E-state index contributed by atoms with van der Waals surface area (Å²) in [5.41, 5.74) is -0.0184. The summed E-state index contributed by atoms with van der Waals surface area (Å²) in [5.74, 6) is 1.77. The number of nitrogens with one attached hydrogen (secondary N) is 2.